The van der Waals surface area contributed by atoms with Gasteiger partial charge in [-0.05, 0) is 18.4 Å². The van der Waals surface area contributed by atoms with Gasteiger partial charge in [0, 0.05) is 5.75 Å². The maximum atomic E-state index is 12.0. The van der Waals surface area contributed by atoms with Crippen molar-refractivity contribution in [3.05, 3.63) is 27.7 Å². The minimum Gasteiger partial charge on any atom is -0.478 e. The monoisotopic (exact) mass is 328 g/mol. The van der Waals surface area contributed by atoms with E-state index in [4.69, 9.17) is 28.3 Å². The third kappa shape index (κ3) is 3.32. The Morgan fingerprint density at radius 2 is 2.00 bits per heavy atom. The number of rotatable bonds is 5. The number of carbonyl (C=O) groups is 1. The smallest absolute Gasteiger partial charge is 0.338 e. The molecule has 0 heterocycles. The second-order valence-electron chi connectivity index (χ2n) is 3.35. The molecular weight excluding hydrogens is 319 g/mol. The van der Waals surface area contributed by atoms with E-state index in [-0.39, 0.29) is 26.3 Å². The number of thioether (sulfide) groups is 1. The number of carboxylic acid groups (broad SMARTS) is 1. The Kier molecular flexibility index (Phi) is 5.33. The highest BCUT2D eigenvalue weighted by Gasteiger charge is 2.24. The minimum absolute atomic E-state index is 0.0867. The van der Waals surface area contributed by atoms with Crippen molar-refractivity contribution in [3.63, 3.8) is 0 Å². The van der Waals surface area contributed by atoms with Crippen LogP contribution in [0.5, 0.6) is 0 Å². The first kappa shape index (κ1) is 15.6. The largest absolute Gasteiger partial charge is 0.478 e. The number of aromatic carboxylic acids is 1. The SMILES string of the molecule is CSCCS(=O)(=O)c1ccc(Cl)c(C(=O)O)c1Cl. The number of hydrogen-bond acceptors (Lipinski definition) is 4. The summed E-state index contributed by atoms with van der Waals surface area (Å²) in [5.41, 5.74) is -0.386. The van der Waals surface area contributed by atoms with Gasteiger partial charge in [0.05, 0.1) is 26.3 Å². The van der Waals surface area contributed by atoms with Crippen molar-refractivity contribution in [2.24, 2.45) is 0 Å². The summed E-state index contributed by atoms with van der Waals surface area (Å²) in [5, 5.41) is 8.52. The van der Waals surface area contributed by atoms with Crippen molar-refractivity contribution in [1.82, 2.24) is 0 Å². The van der Waals surface area contributed by atoms with E-state index in [1.54, 1.807) is 6.26 Å². The Morgan fingerprint density at radius 3 is 2.50 bits per heavy atom. The van der Waals surface area contributed by atoms with Gasteiger partial charge in [0.25, 0.3) is 0 Å². The van der Waals surface area contributed by atoms with Crippen LogP contribution < -0.4 is 0 Å². The normalized spacial score (nSPS) is 11.5. The third-order valence-electron chi connectivity index (χ3n) is 2.16. The molecule has 0 radical (unpaired) electrons. The maximum Gasteiger partial charge on any atom is 0.338 e. The molecule has 100 valence electrons. The quantitative estimate of drug-likeness (QED) is 0.899. The summed E-state index contributed by atoms with van der Waals surface area (Å²) in [6.45, 7) is 0. The number of sulfone groups is 1. The highest BCUT2D eigenvalue weighted by molar-refractivity contribution is 8.00. The predicted octanol–water partition coefficient (Wildman–Crippen LogP) is 2.83. The zero-order valence-corrected chi connectivity index (χ0v) is 12.5. The fourth-order valence-corrected chi connectivity index (χ4v) is 4.57. The molecule has 0 fully saturated rings. The Balaban J connectivity index is 3.36. The van der Waals surface area contributed by atoms with Gasteiger partial charge in [0.1, 0.15) is 0 Å². The van der Waals surface area contributed by atoms with E-state index in [1.165, 1.54) is 23.9 Å². The van der Waals surface area contributed by atoms with E-state index in [0.717, 1.165) is 0 Å². The number of halogens is 2. The molecule has 8 heteroatoms. The third-order valence-corrected chi connectivity index (χ3v) is 5.60. The Morgan fingerprint density at radius 1 is 1.39 bits per heavy atom. The van der Waals surface area contributed by atoms with Gasteiger partial charge in [0.15, 0.2) is 9.84 Å². The first-order valence-corrected chi connectivity index (χ1v) is 8.54. The van der Waals surface area contributed by atoms with E-state index < -0.39 is 15.8 Å². The molecular formula is C10H10Cl2O4S2. The second-order valence-corrected chi connectivity index (χ2v) is 7.20. The standard InChI is InChI=1S/C10H10Cl2O4S2/c1-17-4-5-18(15,16)7-3-2-6(11)8(9(7)12)10(13)14/h2-3H,4-5H2,1H3,(H,13,14). The Hall–Kier alpha value is -0.430. The van der Waals surface area contributed by atoms with E-state index in [9.17, 15) is 13.2 Å². The van der Waals surface area contributed by atoms with Crippen LogP contribution in [0.3, 0.4) is 0 Å². The lowest BCUT2D eigenvalue weighted by Gasteiger charge is -2.09. The van der Waals surface area contributed by atoms with Crippen LogP contribution in [0.25, 0.3) is 0 Å². The van der Waals surface area contributed by atoms with Crippen molar-refractivity contribution < 1.29 is 18.3 Å². The van der Waals surface area contributed by atoms with Crippen LogP contribution in [0.2, 0.25) is 10.0 Å². The van der Waals surface area contributed by atoms with E-state index in [2.05, 4.69) is 0 Å². The van der Waals surface area contributed by atoms with Gasteiger partial charge >= 0.3 is 5.97 Å². The van der Waals surface area contributed by atoms with Gasteiger partial charge in [-0.25, -0.2) is 13.2 Å². The van der Waals surface area contributed by atoms with Crippen molar-refractivity contribution in [2.45, 2.75) is 4.90 Å². The van der Waals surface area contributed by atoms with Crippen molar-refractivity contribution >= 4 is 50.8 Å². The highest BCUT2D eigenvalue weighted by Crippen LogP contribution is 2.31. The zero-order chi connectivity index (χ0) is 13.9. The predicted molar refractivity (Wildman–Crippen MR) is 73.9 cm³/mol. The number of hydrogen-bond donors (Lipinski definition) is 1. The van der Waals surface area contributed by atoms with Crippen LogP contribution in [0.1, 0.15) is 10.4 Å². The molecule has 0 unspecified atom stereocenters. The molecule has 18 heavy (non-hydrogen) atoms. The summed E-state index contributed by atoms with van der Waals surface area (Å²) in [5.74, 6) is -1.05. The first-order chi connectivity index (χ1) is 8.31. The zero-order valence-electron chi connectivity index (χ0n) is 9.31. The van der Waals surface area contributed by atoms with Crippen LogP contribution >= 0.6 is 35.0 Å². The lowest BCUT2D eigenvalue weighted by molar-refractivity contribution is 0.0697. The summed E-state index contributed by atoms with van der Waals surface area (Å²) >= 11 is 12.9. The molecule has 1 aromatic carbocycles. The van der Waals surface area contributed by atoms with Crippen molar-refractivity contribution in [3.8, 4) is 0 Å². The van der Waals surface area contributed by atoms with Gasteiger partial charge < -0.3 is 5.11 Å². The van der Waals surface area contributed by atoms with Crippen LogP contribution in [0.15, 0.2) is 17.0 Å². The minimum atomic E-state index is -3.60. The van der Waals surface area contributed by atoms with Crippen LogP contribution in [-0.2, 0) is 9.84 Å². The second kappa shape index (κ2) is 6.14. The summed E-state index contributed by atoms with van der Waals surface area (Å²) in [6.07, 6.45) is 1.78. The number of carboxylic acids is 1. The average Bonchev–Trinajstić information content (AvgIpc) is 2.25. The topological polar surface area (TPSA) is 71.4 Å². The van der Waals surface area contributed by atoms with Crippen LogP contribution in [0.4, 0.5) is 0 Å². The van der Waals surface area contributed by atoms with E-state index in [0.29, 0.717) is 5.75 Å². The first-order valence-electron chi connectivity index (χ1n) is 4.74. The molecule has 0 atom stereocenters. The summed E-state index contributed by atoms with van der Waals surface area (Å²) in [6, 6.07) is 2.45. The molecule has 0 aliphatic heterocycles. The molecule has 1 N–H and O–H groups in total. The van der Waals surface area contributed by atoms with E-state index >= 15 is 0 Å². The average molecular weight is 329 g/mol. The molecule has 0 amide bonds. The van der Waals surface area contributed by atoms with Crippen LogP contribution in [-0.4, -0.2) is 37.3 Å². The Labute approximate surface area is 119 Å². The fourth-order valence-electron chi connectivity index (χ4n) is 1.27. The molecule has 0 saturated heterocycles. The molecule has 0 saturated carbocycles. The molecule has 0 spiro atoms. The molecule has 0 aliphatic rings. The van der Waals surface area contributed by atoms with E-state index in [1.807, 2.05) is 0 Å². The summed E-state index contributed by atoms with van der Waals surface area (Å²) in [4.78, 5) is 10.8. The van der Waals surface area contributed by atoms with Crippen molar-refractivity contribution in [2.75, 3.05) is 17.8 Å². The molecule has 0 aliphatic carbocycles. The molecule has 4 nitrogen and oxygen atoms in total. The van der Waals surface area contributed by atoms with Gasteiger partial charge in [-0.3, -0.25) is 0 Å². The summed E-state index contributed by atoms with van der Waals surface area (Å²) in [7, 11) is -3.60. The molecule has 1 aromatic rings. The van der Waals surface area contributed by atoms with Gasteiger partial charge in [-0.15, -0.1) is 0 Å². The molecule has 1 rings (SSSR count). The number of benzene rings is 1. The van der Waals surface area contributed by atoms with Crippen LogP contribution in [0, 0.1) is 0 Å². The summed E-state index contributed by atoms with van der Waals surface area (Å²) < 4.78 is 23.9. The lowest BCUT2D eigenvalue weighted by atomic mass is 10.2. The van der Waals surface area contributed by atoms with Gasteiger partial charge in [0.2, 0.25) is 0 Å². The van der Waals surface area contributed by atoms with Gasteiger partial charge in [-0.1, -0.05) is 23.2 Å². The Bertz CT molecular complexity index is 569. The molecule has 0 bridgehead atoms. The highest BCUT2D eigenvalue weighted by atomic mass is 35.5. The lowest BCUT2D eigenvalue weighted by Crippen LogP contribution is -2.11. The van der Waals surface area contributed by atoms with Crippen molar-refractivity contribution in [1.29, 1.82) is 0 Å². The maximum absolute atomic E-state index is 12.0. The fraction of sp³-hybridized carbons (Fsp3) is 0.300. The van der Waals surface area contributed by atoms with Gasteiger partial charge in [-0.2, -0.15) is 11.8 Å². The molecule has 0 aromatic heterocycles.